The Hall–Kier alpha value is -1.57. The Morgan fingerprint density at radius 3 is 2.81 bits per heavy atom. The van der Waals surface area contributed by atoms with Gasteiger partial charge in [0.1, 0.15) is 6.10 Å². The Bertz CT molecular complexity index is 458. The highest BCUT2D eigenvalue weighted by atomic mass is 16.5. The second-order valence-corrected chi connectivity index (χ2v) is 4.17. The summed E-state index contributed by atoms with van der Waals surface area (Å²) >= 11 is 0. The molecule has 1 aliphatic rings. The molecule has 0 amide bonds. The molecule has 0 bridgehead atoms. The highest BCUT2D eigenvalue weighted by molar-refractivity contribution is 5.76. The first-order chi connectivity index (χ1) is 7.61. The van der Waals surface area contributed by atoms with Crippen LogP contribution in [0.3, 0.4) is 0 Å². The first-order valence-corrected chi connectivity index (χ1v) is 5.60. The van der Waals surface area contributed by atoms with E-state index < -0.39 is 0 Å². The standard InChI is InChI=1S/C14H16O2/c1-4-11-8-14(16-10(3)15)12-6-5-9(2)7-13(11)12/h5-8,14H,4H2,1-3H3. The molecule has 0 N–H and O–H groups in total. The molecule has 2 heteroatoms. The van der Waals surface area contributed by atoms with Gasteiger partial charge in [-0.2, -0.15) is 0 Å². The van der Waals surface area contributed by atoms with Gasteiger partial charge < -0.3 is 4.74 Å². The average molecular weight is 216 g/mol. The highest BCUT2D eigenvalue weighted by Gasteiger charge is 2.24. The van der Waals surface area contributed by atoms with E-state index in [-0.39, 0.29) is 12.1 Å². The first-order valence-electron chi connectivity index (χ1n) is 5.60. The maximum Gasteiger partial charge on any atom is 0.303 e. The van der Waals surface area contributed by atoms with Crippen LogP contribution in [0.4, 0.5) is 0 Å². The van der Waals surface area contributed by atoms with E-state index in [4.69, 9.17) is 4.74 Å². The van der Waals surface area contributed by atoms with Crippen LogP contribution in [0.1, 0.15) is 43.1 Å². The van der Waals surface area contributed by atoms with Gasteiger partial charge in [0.05, 0.1) is 0 Å². The molecule has 0 fully saturated rings. The molecule has 0 aliphatic heterocycles. The maximum absolute atomic E-state index is 11.0. The third-order valence-electron chi connectivity index (χ3n) is 2.89. The smallest absolute Gasteiger partial charge is 0.303 e. The van der Waals surface area contributed by atoms with Gasteiger partial charge in [-0.3, -0.25) is 4.79 Å². The van der Waals surface area contributed by atoms with Crippen molar-refractivity contribution in [1.29, 1.82) is 0 Å². The molecule has 0 saturated heterocycles. The predicted molar refractivity (Wildman–Crippen MR) is 64.0 cm³/mol. The van der Waals surface area contributed by atoms with E-state index in [9.17, 15) is 4.79 Å². The van der Waals surface area contributed by atoms with Crippen LogP contribution < -0.4 is 0 Å². The van der Waals surface area contributed by atoms with E-state index >= 15 is 0 Å². The number of esters is 1. The monoisotopic (exact) mass is 216 g/mol. The molecule has 1 aromatic rings. The Labute approximate surface area is 95.9 Å². The van der Waals surface area contributed by atoms with E-state index in [1.54, 1.807) is 0 Å². The number of carbonyl (C=O) groups is 1. The van der Waals surface area contributed by atoms with Crippen LogP contribution in [-0.2, 0) is 9.53 Å². The zero-order chi connectivity index (χ0) is 11.7. The quantitative estimate of drug-likeness (QED) is 0.708. The third kappa shape index (κ3) is 1.87. The van der Waals surface area contributed by atoms with Crippen molar-refractivity contribution in [2.24, 2.45) is 0 Å². The minimum Gasteiger partial charge on any atom is -0.453 e. The Morgan fingerprint density at radius 1 is 1.44 bits per heavy atom. The Balaban J connectivity index is 2.41. The van der Waals surface area contributed by atoms with E-state index in [1.807, 2.05) is 6.08 Å². The van der Waals surface area contributed by atoms with Gasteiger partial charge in [-0.05, 0) is 30.6 Å². The minimum atomic E-state index is -0.231. The Morgan fingerprint density at radius 2 is 2.19 bits per heavy atom. The van der Waals surface area contributed by atoms with Gasteiger partial charge in [0, 0.05) is 12.5 Å². The van der Waals surface area contributed by atoms with Gasteiger partial charge in [-0.1, -0.05) is 30.7 Å². The lowest BCUT2D eigenvalue weighted by molar-refractivity contribution is -0.144. The van der Waals surface area contributed by atoms with Gasteiger partial charge in [0.2, 0.25) is 0 Å². The van der Waals surface area contributed by atoms with Crippen LogP contribution in [0.15, 0.2) is 24.3 Å². The molecule has 0 radical (unpaired) electrons. The molecule has 1 aromatic carbocycles. The van der Waals surface area contributed by atoms with Crippen LogP contribution in [0.5, 0.6) is 0 Å². The molecule has 2 rings (SSSR count). The van der Waals surface area contributed by atoms with Crippen LogP contribution in [-0.4, -0.2) is 5.97 Å². The van der Waals surface area contributed by atoms with Crippen molar-refractivity contribution in [3.8, 4) is 0 Å². The van der Waals surface area contributed by atoms with E-state index in [0.29, 0.717) is 0 Å². The van der Waals surface area contributed by atoms with Gasteiger partial charge in [0.15, 0.2) is 0 Å². The lowest BCUT2D eigenvalue weighted by Crippen LogP contribution is -2.04. The van der Waals surface area contributed by atoms with Crippen LogP contribution >= 0.6 is 0 Å². The summed E-state index contributed by atoms with van der Waals surface area (Å²) in [4.78, 5) is 11.0. The normalized spacial score (nSPS) is 17.9. The fourth-order valence-corrected chi connectivity index (χ4v) is 2.14. The summed E-state index contributed by atoms with van der Waals surface area (Å²) in [5, 5.41) is 0. The lowest BCUT2D eigenvalue weighted by atomic mass is 10.0. The molecular formula is C14H16O2. The van der Waals surface area contributed by atoms with Gasteiger partial charge >= 0.3 is 5.97 Å². The summed E-state index contributed by atoms with van der Waals surface area (Å²) in [6.07, 6.45) is 2.82. The van der Waals surface area contributed by atoms with E-state index in [2.05, 4.69) is 32.0 Å². The molecule has 0 spiro atoms. The van der Waals surface area contributed by atoms with Crippen LogP contribution in [0, 0.1) is 6.92 Å². The third-order valence-corrected chi connectivity index (χ3v) is 2.89. The van der Waals surface area contributed by atoms with Crippen molar-refractivity contribution >= 4 is 11.5 Å². The maximum atomic E-state index is 11.0. The molecule has 0 saturated carbocycles. The number of ether oxygens (including phenoxy) is 1. The molecule has 16 heavy (non-hydrogen) atoms. The summed E-state index contributed by atoms with van der Waals surface area (Å²) < 4.78 is 5.29. The highest BCUT2D eigenvalue weighted by Crippen LogP contribution is 2.38. The number of hydrogen-bond donors (Lipinski definition) is 0. The zero-order valence-corrected chi connectivity index (χ0v) is 9.91. The van der Waals surface area contributed by atoms with Crippen molar-refractivity contribution in [1.82, 2.24) is 0 Å². The molecule has 0 aromatic heterocycles. The number of rotatable bonds is 2. The van der Waals surface area contributed by atoms with Gasteiger partial charge in [0.25, 0.3) is 0 Å². The van der Waals surface area contributed by atoms with Crippen LogP contribution in [0.25, 0.3) is 5.57 Å². The summed E-state index contributed by atoms with van der Waals surface area (Å²) in [6, 6.07) is 6.27. The lowest BCUT2D eigenvalue weighted by Gasteiger charge is -2.11. The summed E-state index contributed by atoms with van der Waals surface area (Å²) in [6.45, 7) is 5.65. The number of carbonyl (C=O) groups excluding carboxylic acids is 1. The predicted octanol–water partition coefficient (Wildman–Crippen LogP) is 3.41. The number of fused-ring (bicyclic) bond motifs is 1. The van der Waals surface area contributed by atoms with Crippen molar-refractivity contribution in [2.45, 2.75) is 33.3 Å². The van der Waals surface area contributed by atoms with Crippen LogP contribution in [0.2, 0.25) is 0 Å². The topological polar surface area (TPSA) is 26.3 Å². The molecule has 84 valence electrons. The fourth-order valence-electron chi connectivity index (χ4n) is 2.14. The number of allylic oxidation sites excluding steroid dienone is 1. The average Bonchev–Trinajstić information content (AvgIpc) is 2.55. The summed E-state index contributed by atoms with van der Waals surface area (Å²) in [5.74, 6) is -0.231. The van der Waals surface area contributed by atoms with Crippen molar-refractivity contribution < 1.29 is 9.53 Å². The van der Waals surface area contributed by atoms with Crippen molar-refractivity contribution in [2.75, 3.05) is 0 Å². The number of hydrogen-bond acceptors (Lipinski definition) is 2. The first kappa shape index (κ1) is 10.9. The zero-order valence-electron chi connectivity index (χ0n) is 9.91. The van der Waals surface area contributed by atoms with Crippen molar-refractivity contribution in [3.63, 3.8) is 0 Å². The largest absolute Gasteiger partial charge is 0.453 e. The number of aryl methyl sites for hydroxylation is 1. The van der Waals surface area contributed by atoms with E-state index in [1.165, 1.54) is 23.6 Å². The minimum absolute atomic E-state index is 0.192. The Kier molecular flexibility index (Phi) is 2.82. The number of benzene rings is 1. The second kappa shape index (κ2) is 4.12. The second-order valence-electron chi connectivity index (χ2n) is 4.17. The molecule has 2 nitrogen and oxygen atoms in total. The fraction of sp³-hybridized carbons (Fsp3) is 0.357. The summed E-state index contributed by atoms with van der Waals surface area (Å²) in [5.41, 5.74) is 4.85. The van der Waals surface area contributed by atoms with Gasteiger partial charge in [-0.25, -0.2) is 0 Å². The molecule has 1 atom stereocenters. The van der Waals surface area contributed by atoms with Gasteiger partial charge in [-0.15, -0.1) is 0 Å². The SMILES string of the molecule is CCC1=CC(OC(C)=O)c2ccc(C)cc21. The molecule has 0 heterocycles. The molecule has 1 unspecified atom stereocenters. The summed E-state index contributed by atoms with van der Waals surface area (Å²) in [7, 11) is 0. The van der Waals surface area contributed by atoms with E-state index in [0.717, 1.165) is 12.0 Å². The molecular weight excluding hydrogens is 200 g/mol. The molecule has 1 aliphatic carbocycles. The van der Waals surface area contributed by atoms with Crippen molar-refractivity contribution in [3.05, 3.63) is 41.0 Å².